The Bertz CT molecular complexity index is 957. The monoisotopic (exact) mass is 454 g/mol. The van der Waals surface area contributed by atoms with Crippen molar-refractivity contribution in [2.24, 2.45) is 0 Å². The van der Waals surface area contributed by atoms with E-state index >= 15 is 0 Å². The van der Waals surface area contributed by atoms with Crippen molar-refractivity contribution in [1.29, 1.82) is 0 Å². The standard InChI is InChI=1S/C25H30N2O6/c1-25(16-33-25)23(30)20(14-17-6-4-3-5-7-17)27-24(31)21(26-22(29)12-13-28)15-18-8-10-19(32-2)11-9-18/h3-11,20-21,28H,12-16H2,1-2H3,(H,26,29)(H,27,31). The third-order valence-electron chi connectivity index (χ3n) is 5.60. The molecule has 1 aliphatic heterocycles. The molecule has 33 heavy (non-hydrogen) atoms. The Morgan fingerprint density at radius 2 is 1.61 bits per heavy atom. The van der Waals surface area contributed by atoms with Crippen LogP contribution in [-0.2, 0) is 32.0 Å². The molecule has 8 heteroatoms. The molecule has 3 rings (SSSR count). The fourth-order valence-electron chi connectivity index (χ4n) is 3.53. The van der Waals surface area contributed by atoms with Gasteiger partial charge in [0, 0.05) is 12.8 Å². The average Bonchev–Trinajstić information content (AvgIpc) is 3.57. The fourth-order valence-corrected chi connectivity index (χ4v) is 3.53. The lowest BCUT2D eigenvalue weighted by Crippen LogP contribution is -2.54. The molecule has 2 aromatic rings. The van der Waals surface area contributed by atoms with E-state index in [0.29, 0.717) is 18.8 Å². The van der Waals surface area contributed by atoms with Gasteiger partial charge in [-0.2, -0.15) is 0 Å². The van der Waals surface area contributed by atoms with E-state index in [-0.39, 0.29) is 25.2 Å². The normalized spacial score (nSPS) is 18.6. The molecular formula is C25H30N2O6. The summed E-state index contributed by atoms with van der Waals surface area (Å²) in [5.74, 6) is -0.454. The molecule has 0 aromatic heterocycles. The highest BCUT2D eigenvalue weighted by Gasteiger charge is 2.50. The summed E-state index contributed by atoms with van der Waals surface area (Å²) in [7, 11) is 1.56. The van der Waals surface area contributed by atoms with Crippen LogP contribution in [0.25, 0.3) is 0 Å². The second-order valence-electron chi connectivity index (χ2n) is 8.28. The highest BCUT2D eigenvalue weighted by Crippen LogP contribution is 2.29. The number of aliphatic hydroxyl groups excluding tert-OH is 1. The van der Waals surface area contributed by atoms with E-state index in [1.165, 1.54) is 0 Å². The summed E-state index contributed by atoms with van der Waals surface area (Å²) in [6, 6.07) is 14.8. The number of Topliss-reactive ketones (excluding diaryl/α,β-unsaturated/α-hetero) is 1. The number of amides is 2. The zero-order valence-electron chi connectivity index (χ0n) is 18.9. The lowest BCUT2D eigenvalue weighted by molar-refractivity contribution is -0.133. The van der Waals surface area contributed by atoms with Crippen LogP contribution < -0.4 is 15.4 Å². The average molecular weight is 455 g/mol. The number of epoxide rings is 1. The van der Waals surface area contributed by atoms with Crippen LogP contribution in [0.5, 0.6) is 5.75 Å². The molecule has 0 saturated carbocycles. The number of aliphatic hydroxyl groups is 1. The highest BCUT2D eigenvalue weighted by molar-refractivity contribution is 5.98. The first kappa shape index (κ1) is 24.4. The SMILES string of the molecule is COc1ccc(CC(NC(=O)CCO)C(=O)NC(Cc2ccccc2)C(=O)C2(C)CO2)cc1. The Morgan fingerprint density at radius 1 is 1.00 bits per heavy atom. The van der Waals surface area contributed by atoms with Gasteiger partial charge < -0.3 is 25.2 Å². The Labute approximate surface area is 193 Å². The molecular weight excluding hydrogens is 424 g/mol. The van der Waals surface area contributed by atoms with Crippen LogP contribution in [0.2, 0.25) is 0 Å². The van der Waals surface area contributed by atoms with Crippen LogP contribution in [0.15, 0.2) is 54.6 Å². The van der Waals surface area contributed by atoms with Gasteiger partial charge in [-0.05, 0) is 36.6 Å². The molecule has 0 aliphatic carbocycles. The Kier molecular flexibility index (Phi) is 8.19. The number of rotatable bonds is 12. The number of hydrogen-bond donors (Lipinski definition) is 3. The minimum Gasteiger partial charge on any atom is -0.497 e. The molecule has 3 unspecified atom stereocenters. The minimum atomic E-state index is -0.920. The zero-order chi connectivity index (χ0) is 23.8. The first-order valence-electron chi connectivity index (χ1n) is 10.9. The first-order valence-corrected chi connectivity index (χ1v) is 10.9. The summed E-state index contributed by atoms with van der Waals surface area (Å²) in [5.41, 5.74) is 0.804. The van der Waals surface area contributed by atoms with E-state index < -0.39 is 29.5 Å². The minimum absolute atomic E-state index is 0.120. The van der Waals surface area contributed by atoms with Crippen molar-refractivity contribution in [3.8, 4) is 5.75 Å². The summed E-state index contributed by atoms with van der Waals surface area (Å²) < 4.78 is 10.5. The molecule has 0 radical (unpaired) electrons. The summed E-state index contributed by atoms with van der Waals surface area (Å²) in [5, 5.41) is 14.6. The molecule has 1 fully saturated rings. The van der Waals surface area contributed by atoms with Gasteiger partial charge in [0.15, 0.2) is 5.78 Å². The van der Waals surface area contributed by atoms with Gasteiger partial charge in [0.25, 0.3) is 0 Å². The second kappa shape index (κ2) is 11.1. The van der Waals surface area contributed by atoms with E-state index in [2.05, 4.69) is 10.6 Å². The van der Waals surface area contributed by atoms with Gasteiger partial charge in [-0.1, -0.05) is 42.5 Å². The first-order chi connectivity index (χ1) is 15.8. The van der Waals surface area contributed by atoms with E-state index in [0.717, 1.165) is 11.1 Å². The van der Waals surface area contributed by atoms with Crippen molar-refractivity contribution < 1.29 is 29.0 Å². The van der Waals surface area contributed by atoms with Gasteiger partial charge in [0.2, 0.25) is 11.8 Å². The maximum Gasteiger partial charge on any atom is 0.243 e. The summed E-state index contributed by atoms with van der Waals surface area (Å²) in [4.78, 5) is 38.5. The highest BCUT2D eigenvalue weighted by atomic mass is 16.6. The molecule has 3 atom stereocenters. The van der Waals surface area contributed by atoms with Crippen molar-refractivity contribution in [2.45, 2.75) is 43.9 Å². The Hall–Kier alpha value is -3.23. The predicted octanol–water partition coefficient (Wildman–Crippen LogP) is 1.19. The topological polar surface area (TPSA) is 117 Å². The van der Waals surface area contributed by atoms with E-state index in [1.54, 1.807) is 26.2 Å². The number of ether oxygens (including phenoxy) is 2. The number of carbonyl (C=O) groups excluding carboxylic acids is 3. The number of benzene rings is 2. The number of nitrogens with one attached hydrogen (secondary N) is 2. The lowest BCUT2D eigenvalue weighted by atomic mass is 9.94. The molecule has 2 amide bonds. The van der Waals surface area contributed by atoms with Crippen LogP contribution in [0.4, 0.5) is 0 Å². The van der Waals surface area contributed by atoms with Gasteiger partial charge in [0.1, 0.15) is 17.4 Å². The van der Waals surface area contributed by atoms with Crippen molar-refractivity contribution >= 4 is 17.6 Å². The van der Waals surface area contributed by atoms with Gasteiger partial charge in [-0.25, -0.2) is 0 Å². The predicted molar refractivity (Wildman–Crippen MR) is 122 cm³/mol. The van der Waals surface area contributed by atoms with Crippen LogP contribution in [0, 0.1) is 0 Å². The second-order valence-corrected chi connectivity index (χ2v) is 8.28. The summed E-state index contributed by atoms with van der Waals surface area (Å²) in [6.45, 7) is 1.69. The Morgan fingerprint density at radius 3 is 2.18 bits per heavy atom. The lowest BCUT2D eigenvalue weighted by Gasteiger charge is -2.24. The van der Waals surface area contributed by atoms with Gasteiger partial charge in [-0.15, -0.1) is 0 Å². The number of methoxy groups -OCH3 is 1. The number of carbonyl (C=O) groups is 3. The number of ketones is 1. The van der Waals surface area contributed by atoms with Crippen molar-refractivity contribution in [3.63, 3.8) is 0 Å². The van der Waals surface area contributed by atoms with Crippen LogP contribution in [-0.4, -0.2) is 60.7 Å². The molecule has 0 spiro atoms. The molecule has 3 N–H and O–H groups in total. The summed E-state index contributed by atoms with van der Waals surface area (Å²) in [6.07, 6.45) is 0.405. The smallest absolute Gasteiger partial charge is 0.243 e. The molecule has 2 aromatic carbocycles. The molecule has 1 saturated heterocycles. The van der Waals surface area contributed by atoms with Crippen molar-refractivity contribution in [3.05, 3.63) is 65.7 Å². The number of hydrogen-bond acceptors (Lipinski definition) is 6. The maximum atomic E-state index is 13.3. The van der Waals surface area contributed by atoms with Crippen molar-refractivity contribution in [1.82, 2.24) is 10.6 Å². The molecule has 0 bridgehead atoms. The Balaban J connectivity index is 1.78. The van der Waals surface area contributed by atoms with Gasteiger partial charge in [-0.3, -0.25) is 14.4 Å². The van der Waals surface area contributed by atoms with Crippen LogP contribution in [0.1, 0.15) is 24.5 Å². The maximum absolute atomic E-state index is 13.3. The molecule has 1 aliphatic rings. The zero-order valence-corrected chi connectivity index (χ0v) is 18.9. The molecule has 1 heterocycles. The molecule has 176 valence electrons. The van der Waals surface area contributed by atoms with Gasteiger partial charge in [0.05, 0.1) is 26.4 Å². The third-order valence-corrected chi connectivity index (χ3v) is 5.60. The van der Waals surface area contributed by atoms with E-state index in [4.69, 9.17) is 14.6 Å². The van der Waals surface area contributed by atoms with Crippen LogP contribution >= 0.6 is 0 Å². The van der Waals surface area contributed by atoms with Crippen LogP contribution in [0.3, 0.4) is 0 Å². The largest absolute Gasteiger partial charge is 0.497 e. The molecule has 8 nitrogen and oxygen atoms in total. The fraction of sp³-hybridized carbons (Fsp3) is 0.400. The van der Waals surface area contributed by atoms with Crippen molar-refractivity contribution in [2.75, 3.05) is 20.3 Å². The van der Waals surface area contributed by atoms with E-state index in [9.17, 15) is 14.4 Å². The third kappa shape index (κ3) is 6.87. The summed E-state index contributed by atoms with van der Waals surface area (Å²) >= 11 is 0. The van der Waals surface area contributed by atoms with E-state index in [1.807, 2.05) is 42.5 Å². The quantitative estimate of drug-likeness (QED) is 0.415. The van der Waals surface area contributed by atoms with Gasteiger partial charge >= 0.3 is 0 Å².